The van der Waals surface area contributed by atoms with Crippen molar-refractivity contribution < 1.29 is 42.9 Å². The zero-order valence-electron chi connectivity index (χ0n) is 52.6. The molecule has 0 saturated carbocycles. The fourth-order valence-corrected chi connectivity index (χ4v) is 10.2. The third-order valence-electron chi connectivity index (χ3n) is 15.4. The molecule has 0 bridgehead atoms. The predicted octanol–water partition coefficient (Wildman–Crippen LogP) is 20.6. The third-order valence-corrected chi connectivity index (χ3v) is 15.4. The van der Waals surface area contributed by atoms with Crippen molar-refractivity contribution in [1.82, 2.24) is 0 Å². The molecule has 0 rings (SSSR count). The van der Waals surface area contributed by atoms with E-state index in [1.807, 2.05) is 21.1 Å². The van der Waals surface area contributed by atoms with Gasteiger partial charge in [-0.1, -0.05) is 289 Å². The van der Waals surface area contributed by atoms with Crippen molar-refractivity contribution in [3.05, 3.63) is 24.3 Å². The molecule has 78 heavy (non-hydrogen) atoms. The minimum Gasteiger partial charge on any atom is -0.477 e. The Morgan fingerprint density at radius 2 is 0.654 bits per heavy atom. The van der Waals surface area contributed by atoms with E-state index in [1.54, 1.807) is 0 Å². The first-order valence-electron chi connectivity index (χ1n) is 34.0. The maximum atomic E-state index is 12.9. The molecule has 2 atom stereocenters. The van der Waals surface area contributed by atoms with Crippen LogP contribution in [-0.2, 0) is 33.3 Å². The smallest absolute Gasteiger partial charge is 0.361 e. The highest BCUT2D eigenvalue weighted by Crippen LogP contribution is 2.18. The van der Waals surface area contributed by atoms with Crippen LogP contribution in [0.1, 0.15) is 341 Å². The number of ether oxygens (including phenoxy) is 4. The Morgan fingerprint density at radius 3 is 0.949 bits per heavy atom. The first-order valence-corrected chi connectivity index (χ1v) is 34.0. The summed E-state index contributed by atoms with van der Waals surface area (Å²) in [5, 5.41) is 9.71. The Hall–Kier alpha value is -2.23. The van der Waals surface area contributed by atoms with Gasteiger partial charge in [-0.05, 0) is 64.2 Å². The number of carboxylic acids is 1. The molecule has 0 aromatic rings. The van der Waals surface area contributed by atoms with Gasteiger partial charge in [0.15, 0.2) is 6.10 Å². The second-order valence-corrected chi connectivity index (χ2v) is 24.5. The van der Waals surface area contributed by atoms with E-state index < -0.39 is 18.4 Å². The van der Waals surface area contributed by atoms with Gasteiger partial charge >= 0.3 is 17.9 Å². The van der Waals surface area contributed by atoms with E-state index in [4.69, 9.17) is 18.9 Å². The van der Waals surface area contributed by atoms with E-state index in [2.05, 4.69) is 38.2 Å². The zero-order valence-corrected chi connectivity index (χ0v) is 52.6. The minimum atomic E-state index is -1.51. The molecule has 460 valence electrons. The van der Waals surface area contributed by atoms with E-state index in [9.17, 15) is 19.5 Å². The first kappa shape index (κ1) is 75.8. The van der Waals surface area contributed by atoms with Gasteiger partial charge in [0, 0.05) is 12.8 Å². The van der Waals surface area contributed by atoms with Crippen molar-refractivity contribution in [1.29, 1.82) is 0 Å². The number of hydrogen-bond donors (Lipinski definition) is 1. The highest BCUT2D eigenvalue weighted by Gasteiger charge is 2.25. The normalized spacial score (nSPS) is 12.8. The number of carboxylic acid groups (broad SMARTS) is 1. The van der Waals surface area contributed by atoms with Crippen LogP contribution in [0.15, 0.2) is 24.3 Å². The summed E-state index contributed by atoms with van der Waals surface area (Å²) in [5.41, 5.74) is 0. The van der Waals surface area contributed by atoms with Gasteiger partial charge in [0.05, 0.1) is 34.4 Å². The lowest BCUT2D eigenvalue weighted by atomic mass is 10.0. The lowest BCUT2D eigenvalue weighted by molar-refractivity contribution is -0.870. The van der Waals surface area contributed by atoms with E-state index in [-0.39, 0.29) is 38.2 Å². The first-order chi connectivity index (χ1) is 38.1. The number of aliphatic carboxylic acids is 1. The largest absolute Gasteiger partial charge is 0.477 e. The van der Waals surface area contributed by atoms with Crippen LogP contribution >= 0.6 is 0 Å². The summed E-state index contributed by atoms with van der Waals surface area (Å²) >= 11 is 0. The number of esters is 2. The van der Waals surface area contributed by atoms with E-state index in [0.29, 0.717) is 17.4 Å². The molecule has 0 aromatic carbocycles. The van der Waals surface area contributed by atoms with E-state index in [0.717, 1.165) is 51.4 Å². The molecule has 0 aliphatic heterocycles. The van der Waals surface area contributed by atoms with Gasteiger partial charge in [0.25, 0.3) is 6.29 Å². The summed E-state index contributed by atoms with van der Waals surface area (Å²) in [6, 6.07) is 0. The molecule has 0 aliphatic rings. The molecule has 9 heteroatoms. The van der Waals surface area contributed by atoms with E-state index >= 15 is 0 Å². The fraction of sp³-hybridized carbons (Fsp3) is 0.899. The summed E-state index contributed by atoms with van der Waals surface area (Å²) < 4.78 is 22.9. The lowest BCUT2D eigenvalue weighted by Crippen LogP contribution is -2.40. The number of hydrogen-bond acceptors (Lipinski definition) is 7. The molecule has 0 fully saturated rings. The predicted molar refractivity (Wildman–Crippen MR) is 332 cm³/mol. The zero-order chi connectivity index (χ0) is 56.9. The number of likely N-dealkylation sites (N-methyl/N-ethyl adjacent to an activating group) is 1. The Balaban J connectivity index is 3.91. The molecule has 0 aromatic heterocycles. The second kappa shape index (κ2) is 60.9. The number of carbonyl (C=O) groups excluding carboxylic acids is 2. The van der Waals surface area contributed by atoms with Gasteiger partial charge in [-0.2, -0.15) is 0 Å². The van der Waals surface area contributed by atoms with Gasteiger partial charge in [-0.3, -0.25) is 9.59 Å². The molecule has 1 N–H and O–H groups in total. The van der Waals surface area contributed by atoms with Crippen LogP contribution in [0.3, 0.4) is 0 Å². The maximum absolute atomic E-state index is 12.9. The van der Waals surface area contributed by atoms with Gasteiger partial charge in [-0.15, -0.1) is 0 Å². The third kappa shape index (κ3) is 61.4. The van der Waals surface area contributed by atoms with Gasteiger partial charge in [-0.25, -0.2) is 4.79 Å². The molecule has 2 unspecified atom stereocenters. The number of allylic oxidation sites excluding steroid dienone is 4. The van der Waals surface area contributed by atoms with Crippen LogP contribution < -0.4 is 0 Å². The molecule has 0 heterocycles. The lowest BCUT2D eigenvalue weighted by Gasteiger charge is -2.25. The van der Waals surface area contributed by atoms with Crippen LogP contribution in [0.5, 0.6) is 0 Å². The van der Waals surface area contributed by atoms with Crippen molar-refractivity contribution in [3.63, 3.8) is 0 Å². The summed E-state index contributed by atoms with van der Waals surface area (Å²) in [6.45, 7) is 4.91. The van der Waals surface area contributed by atoms with Crippen molar-refractivity contribution in [2.75, 3.05) is 47.5 Å². The topological polar surface area (TPSA) is 108 Å². The van der Waals surface area contributed by atoms with Crippen LogP contribution in [0.2, 0.25) is 0 Å². The summed E-state index contributed by atoms with van der Waals surface area (Å²) in [7, 11) is 5.98. The standard InChI is InChI=1S/C69H131NO8/c1-6-8-10-12-14-16-18-20-22-23-24-25-26-27-28-29-30-31-32-33-34-35-36-37-38-39-40-41-42-43-44-45-46-48-50-52-54-56-58-60-67(72)78-65(64-77-69(68(73)74)75-62-61-70(3,4)5)63-76-66(71)59-57-55-53-51-49-47-21-19-17-15-13-11-9-7-2/h19,21,23-24,65,69H,6-18,20,22,25-64H2,1-5H3/p+1/b21-19-,24-23-. The average molecular weight is 1100 g/mol. The molecule has 0 saturated heterocycles. The summed E-state index contributed by atoms with van der Waals surface area (Å²) in [5.74, 6) is -1.99. The molecular weight excluding hydrogens is 971 g/mol. The molecule has 9 nitrogen and oxygen atoms in total. The fourth-order valence-electron chi connectivity index (χ4n) is 10.2. The Labute approximate surface area is 484 Å². The maximum Gasteiger partial charge on any atom is 0.361 e. The molecular formula is C69H132NO8+. The molecule has 0 amide bonds. The van der Waals surface area contributed by atoms with Gasteiger partial charge in [0.1, 0.15) is 13.2 Å². The highest BCUT2D eigenvalue weighted by atomic mass is 16.7. The number of rotatable bonds is 64. The quantitative estimate of drug-likeness (QED) is 0.0211. The SMILES string of the molecule is CCCCCCC/C=C\CCCCCCCC(=O)OCC(COC(OCC[N+](C)(C)C)C(=O)O)OC(=O)CCCCCCCCCCCCCCCCCCCCCCCCCCCCC/C=C\CCCCCCCCCC. The number of carbonyl (C=O) groups is 3. The van der Waals surface area contributed by atoms with Crippen molar-refractivity contribution in [2.45, 2.75) is 354 Å². The Bertz CT molecular complexity index is 1330. The Kier molecular flexibility index (Phi) is 59.1. The van der Waals surface area contributed by atoms with Crippen LogP contribution in [0.25, 0.3) is 0 Å². The molecule has 0 aliphatic carbocycles. The summed E-state index contributed by atoms with van der Waals surface area (Å²) in [4.78, 5) is 37.4. The van der Waals surface area contributed by atoms with Crippen LogP contribution in [0, 0.1) is 0 Å². The summed E-state index contributed by atoms with van der Waals surface area (Å²) in [6.07, 6.45) is 71.7. The van der Waals surface area contributed by atoms with Gasteiger partial charge < -0.3 is 28.5 Å². The van der Waals surface area contributed by atoms with Crippen LogP contribution in [-0.4, -0.2) is 87.4 Å². The molecule has 0 radical (unpaired) electrons. The monoisotopic (exact) mass is 1100 g/mol. The number of nitrogens with zero attached hydrogens (tertiary/aromatic N) is 1. The van der Waals surface area contributed by atoms with Crippen molar-refractivity contribution in [2.24, 2.45) is 0 Å². The number of quaternary nitrogens is 1. The molecule has 0 spiro atoms. The van der Waals surface area contributed by atoms with Crippen molar-refractivity contribution >= 4 is 17.9 Å². The Morgan fingerprint density at radius 1 is 0.372 bits per heavy atom. The van der Waals surface area contributed by atoms with Crippen molar-refractivity contribution in [3.8, 4) is 0 Å². The second-order valence-electron chi connectivity index (χ2n) is 24.5. The minimum absolute atomic E-state index is 0.181. The van der Waals surface area contributed by atoms with E-state index in [1.165, 1.54) is 263 Å². The highest BCUT2D eigenvalue weighted by molar-refractivity contribution is 5.71. The van der Waals surface area contributed by atoms with Gasteiger partial charge in [0.2, 0.25) is 0 Å². The van der Waals surface area contributed by atoms with Crippen LogP contribution in [0.4, 0.5) is 0 Å². The number of unbranched alkanes of at least 4 members (excludes halogenated alkanes) is 45. The average Bonchev–Trinajstić information content (AvgIpc) is 3.41.